The highest BCUT2D eigenvalue weighted by molar-refractivity contribution is 5.80. The Morgan fingerprint density at radius 3 is 2.63 bits per heavy atom. The van der Waals surface area contributed by atoms with Crippen LogP contribution < -0.4 is 5.32 Å². The van der Waals surface area contributed by atoms with E-state index in [4.69, 9.17) is 9.73 Å². The second kappa shape index (κ2) is 10.1. The van der Waals surface area contributed by atoms with Crippen LogP contribution >= 0.6 is 0 Å². The molecule has 0 spiro atoms. The molecule has 162 valence electrons. The van der Waals surface area contributed by atoms with Gasteiger partial charge in [-0.05, 0) is 44.0 Å². The van der Waals surface area contributed by atoms with Crippen molar-refractivity contribution in [3.63, 3.8) is 0 Å². The SMILES string of the molecule is CCNC(=NCc1ccc(CN2CCCC2)cc1)N1CCOC(c2cnn(C)c2)C1. The van der Waals surface area contributed by atoms with E-state index in [9.17, 15) is 0 Å². The van der Waals surface area contributed by atoms with Gasteiger partial charge >= 0.3 is 0 Å². The molecule has 2 aliphatic rings. The first-order valence-corrected chi connectivity index (χ1v) is 11.1. The molecule has 30 heavy (non-hydrogen) atoms. The highest BCUT2D eigenvalue weighted by Crippen LogP contribution is 2.22. The fourth-order valence-electron chi connectivity index (χ4n) is 4.19. The topological polar surface area (TPSA) is 57.9 Å². The second-order valence-electron chi connectivity index (χ2n) is 8.22. The molecule has 0 bridgehead atoms. The average Bonchev–Trinajstić information content (AvgIpc) is 3.44. The van der Waals surface area contributed by atoms with Gasteiger partial charge in [0.25, 0.3) is 0 Å². The van der Waals surface area contributed by atoms with Gasteiger partial charge < -0.3 is 15.0 Å². The minimum absolute atomic E-state index is 0.0289. The van der Waals surface area contributed by atoms with E-state index in [1.165, 1.54) is 37.1 Å². The number of hydrogen-bond donors (Lipinski definition) is 1. The molecular weight excluding hydrogens is 376 g/mol. The molecule has 7 heteroatoms. The molecule has 3 heterocycles. The van der Waals surface area contributed by atoms with Crippen molar-refractivity contribution in [1.29, 1.82) is 0 Å². The molecule has 1 aromatic heterocycles. The van der Waals surface area contributed by atoms with Gasteiger partial charge in [0.2, 0.25) is 0 Å². The number of hydrogen-bond acceptors (Lipinski definition) is 4. The third-order valence-corrected chi connectivity index (χ3v) is 5.84. The molecule has 0 amide bonds. The summed E-state index contributed by atoms with van der Waals surface area (Å²) >= 11 is 0. The Bertz CT molecular complexity index is 824. The van der Waals surface area contributed by atoms with E-state index in [1.807, 2.05) is 24.1 Å². The van der Waals surface area contributed by atoms with E-state index in [-0.39, 0.29) is 6.10 Å². The Labute approximate surface area is 179 Å². The summed E-state index contributed by atoms with van der Waals surface area (Å²) in [6, 6.07) is 8.94. The largest absolute Gasteiger partial charge is 0.370 e. The van der Waals surface area contributed by atoms with Crippen molar-refractivity contribution in [1.82, 2.24) is 24.9 Å². The van der Waals surface area contributed by atoms with Crippen molar-refractivity contribution in [3.8, 4) is 0 Å². The van der Waals surface area contributed by atoms with E-state index in [2.05, 4.69) is 51.4 Å². The maximum absolute atomic E-state index is 5.98. The van der Waals surface area contributed by atoms with Gasteiger partial charge in [0.15, 0.2) is 5.96 Å². The van der Waals surface area contributed by atoms with Crippen molar-refractivity contribution in [3.05, 3.63) is 53.3 Å². The van der Waals surface area contributed by atoms with Crippen LogP contribution in [0.15, 0.2) is 41.7 Å². The molecule has 7 nitrogen and oxygen atoms in total. The summed E-state index contributed by atoms with van der Waals surface area (Å²) in [4.78, 5) is 9.75. The lowest BCUT2D eigenvalue weighted by atomic mass is 10.1. The summed E-state index contributed by atoms with van der Waals surface area (Å²) in [6.07, 6.45) is 6.62. The van der Waals surface area contributed by atoms with E-state index in [1.54, 1.807) is 0 Å². The zero-order chi connectivity index (χ0) is 20.8. The number of aromatic nitrogens is 2. The number of nitrogens with one attached hydrogen (secondary N) is 1. The fraction of sp³-hybridized carbons (Fsp3) is 0.565. The smallest absolute Gasteiger partial charge is 0.194 e. The highest BCUT2D eigenvalue weighted by atomic mass is 16.5. The van der Waals surface area contributed by atoms with Crippen LogP contribution in [0, 0.1) is 0 Å². The standard InChI is InChI=1S/C23H34N6O/c1-3-24-23(29-12-13-30-22(18-29)21-15-26-27(2)17-21)25-14-19-6-8-20(9-7-19)16-28-10-4-5-11-28/h6-9,15,17,22H,3-5,10-14,16,18H2,1-2H3,(H,24,25). The van der Waals surface area contributed by atoms with Gasteiger partial charge in [-0.15, -0.1) is 0 Å². The van der Waals surface area contributed by atoms with Crippen molar-refractivity contribution >= 4 is 5.96 Å². The Morgan fingerprint density at radius 1 is 1.17 bits per heavy atom. The number of benzene rings is 1. The molecule has 0 radical (unpaired) electrons. The number of aliphatic imine (C=N–C) groups is 1. The molecule has 0 aliphatic carbocycles. The maximum atomic E-state index is 5.98. The number of guanidine groups is 1. The zero-order valence-corrected chi connectivity index (χ0v) is 18.3. The van der Waals surface area contributed by atoms with Crippen LogP contribution in [0.1, 0.15) is 42.6 Å². The molecule has 0 saturated carbocycles. The van der Waals surface area contributed by atoms with E-state index >= 15 is 0 Å². The molecule has 1 atom stereocenters. The minimum Gasteiger partial charge on any atom is -0.370 e. The summed E-state index contributed by atoms with van der Waals surface area (Å²) < 4.78 is 7.81. The van der Waals surface area contributed by atoms with Gasteiger partial charge in [-0.2, -0.15) is 5.10 Å². The number of likely N-dealkylation sites (tertiary alicyclic amines) is 1. The van der Waals surface area contributed by atoms with Crippen LogP contribution in [0.5, 0.6) is 0 Å². The third kappa shape index (κ3) is 5.40. The number of morpholine rings is 1. The first-order chi connectivity index (χ1) is 14.7. The predicted molar refractivity (Wildman–Crippen MR) is 119 cm³/mol. The van der Waals surface area contributed by atoms with Gasteiger partial charge in [0, 0.05) is 38.4 Å². The number of rotatable bonds is 6. The molecule has 2 fully saturated rings. The fourth-order valence-corrected chi connectivity index (χ4v) is 4.19. The van der Waals surface area contributed by atoms with Crippen molar-refractivity contribution in [2.75, 3.05) is 39.3 Å². The number of nitrogens with zero attached hydrogens (tertiary/aromatic N) is 5. The Morgan fingerprint density at radius 2 is 1.93 bits per heavy atom. The van der Waals surface area contributed by atoms with Crippen molar-refractivity contribution in [2.24, 2.45) is 12.0 Å². The van der Waals surface area contributed by atoms with Crippen molar-refractivity contribution in [2.45, 2.75) is 39.0 Å². The van der Waals surface area contributed by atoms with Gasteiger partial charge in [-0.1, -0.05) is 24.3 Å². The lowest BCUT2D eigenvalue weighted by Gasteiger charge is -2.34. The van der Waals surface area contributed by atoms with Crippen LogP contribution in [0.4, 0.5) is 0 Å². The Hall–Kier alpha value is -2.38. The lowest BCUT2D eigenvalue weighted by Crippen LogP contribution is -2.48. The van der Waals surface area contributed by atoms with Gasteiger partial charge in [-0.25, -0.2) is 4.99 Å². The van der Waals surface area contributed by atoms with Crippen LogP contribution in [-0.2, 0) is 24.9 Å². The van der Waals surface area contributed by atoms with Crippen LogP contribution in [0.25, 0.3) is 0 Å². The summed E-state index contributed by atoms with van der Waals surface area (Å²) in [7, 11) is 1.94. The summed E-state index contributed by atoms with van der Waals surface area (Å²) in [5.74, 6) is 0.954. The summed E-state index contributed by atoms with van der Waals surface area (Å²) in [5, 5.41) is 7.73. The maximum Gasteiger partial charge on any atom is 0.194 e. The lowest BCUT2D eigenvalue weighted by molar-refractivity contribution is -0.00805. The molecule has 4 rings (SSSR count). The first kappa shape index (κ1) is 20.9. The van der Waals surface area contributed by atoms with Gasteiger partial charge in [0.05, 0.1) is 25.9 Å². The Kier molecular flexibility index (Phi) is 7.02. The quantitative estimate of drug-likeness (QED) is 0.586. The van der Waals surface area contributed by atoms with Crippen molar-refractivity contribution < 1.29 is 4.74 Å². The molecule has 1 N–H and O–H groups in total. The van der Waals surface area contributed by atoms with E-state index in [0.717, 1.165) is 37.7 Å². The van der Waals surface area contributed by atoms with Crippen LogP contribution in [0.2, 0.25) is 0 Å². The minimum atomic E-state index is 0.0289. The average molecular weight is 411 g/mol. The van der Waals surface area contributed by atoms with Gasteiger partial charge in [0.1, 0.15) is 6.10 Å². The second-order valence-corrected chi connectivity index (χ2v) is 8.22. The van der Waals surface area contributed by atoms with Crippen LogP contribution in [0.3, 0.4) is 0 Å². The molecule has 2 aliphatic heterocycles. The number of aryl methyl sites for hydroxylation is 1. The molecular formula is C23H34N6O. The highest BCUT2D eigenvalue weighted by Gasteiger charge is 2.25. The number of ether oxygens (including phenoxy) is 1. The van der Waals surface area contributed by atoms with E-state index in [0.29, 0.717) is 13.2 Å². The van der Waals surface area contributed by atoms with Crippen LogP contribution in [-0.4, -0.2) is 64.9 Å². The molecule has 2 saturated heterocycles. The van der Waals surface area contributed by atoms with Gasteiger partial charge in [-0.3, -0.25) is 9.58 Å². The summed E-state index contributed by atoms with van der Waals surface area (Å²) in [6.45, 7) is 9.50. The Balaban J connectivity index is 1.38. The third-order valence-electron chi connectivity index (χ3n) is 5.84. The van der Waals surface area contributed by atoms with E-state index < -0.39 is 0 Å². The molecule has 1 aromatic carbocycles. The zero-order valence-electron chi connectivity index (χ0n) is 18.3. The molecule has 2 aromatic rings. The summed E-state index contributed by atoms with van der Waals surface area (Å²) in [5.41, 5.74) is 3.75. The molecule has 1 unspecified atom stereocenters. The monoisotopic (exact) mass is 410 g/mol. The normalized spacial score (nSPS) is 20.7. The predicted octanol–water partition coefficient (Wildman–Crippen LogP) is 2.55. The first-order valence-electron chi connectivity index (χ1n) is 11.1.